The summed E-state index contributed by atoms with van der Waals surface area (Å²) in [5.74, 6) is 0. The molecule has 0 radical (unpaired) electrons. The Morgan fingerprint density at radius 2 is 1.22 bits per heavy atom. The molecule has 0 aliphatic carbocycles. The summed E-state index contributed by atoms with van der Waals surface area (Å²) in [5.41, 5.74) is 5.28. The molecule has 0 atom stereocenters. The number of hydrogen-bond acceptors (Lipinski definition) is 1. The van der Waals surface area contributed by atoms with Gasteiger partial charge in [0.25, 0.3) is 0 Å². The van der Waals surface area contributed by atoms with E-state index in [-0.39, 0.29) is 12.4 Å². The predicted molar refractivity (Wildman–Crippen MR) is 119 cm³/mol. The third-order valence-corrected chi connectivity index (χ3v) is 4.56. The van der Waals surface area contributed by atoms with Crippen LogP contribution in [0.25, 0.3) is 5.57 Å². The van der Waals surface area contributed by atoms with Gasteiger partial charge in [0.15, 0.2) is 0 Å². The minimum absolute atomic E-state index is 0. The fourth-order valence-corrected chi connectivity index (χ4v) is 3.22. The van der Waals surface area contributed by atoms with E-state index < -0.39 is 0 Å². The Hall–Kier alpha value is -2.35. The Balaban J connectivity index is 0.00000261. The van der Waals surface area contributed by atoms with Crippen LogP contribution in [0.5, 0.6) is 0 Å². The summed E-state index contributed by atoms with van der Waals surface area (Å²) < 4.78 is 0. The molecule has 0 spiro atoms. The van der Waals surface area contributed by atoms with Gasteiger partial charge in [0.2, 0.25) is 0 Å². The number of allylic oxidation sites excluding steroid dienone is 1. The molecule has 27 heavy (non-hydrogen) atoms. The van der Waals surface area contributed by atoms with E-state index >= 15 is 0 Å². The van der Waals surface area contributed by atoms with Gasteiger partial charge in [-0.25, -0.2) is 0 Å². The molecule has 0 amide bonds. The van der Waals surface area contributed by atoms with Gasteiger partial charge in [-0.3, -0.25) is 0 Å². The second-order valence-electron chi connectivity index (χ2n) is 6.72. The maximum atomic E-state index is 2.40. The van der Waals surface area contributed by atoms with E-state index in [1.165, 1.54) is 22.3 Å². The highest BCUT2D eigenvalue weighted by Gasteiger charge is 2.04. The molecule has 0 N–H and O–H groups in total. The van der Waals surface area contributed by atoms with Gasteiger partial charge >= 0.3 is 0 Å². The van der Waals surface area contributed by atoms with E-state index in [0.29, 0.717) is 0 Å². The van der Waals surface area contributed by atoms with Gasteiger partial charge in [-0.1, -0.05) is 97.1 Å². The van der Waals surface area contributed by atoms with Gasteiger partial charge in [0.05, 0.1) is 0 Å². The average Bonchev–Trinajstić information content (AvgIpc) is 2.70. The largest absolute Gasteiger partial charge is 0.302 e. The molecule has 3 rings (SSSR count). The highest BCUT2D eigenvalue weighted by molar-refractivity contribution is 5.85. The van der Waals surface area contributed by atoms with E-state index in [4.69, 9.17) is 0 Å². The Bertz CT molecular complexity index is 756. The molecule has 1 nitrogen and oxygen atoms in total. The molecule has 0 bridgehead atoms. The minimum atomic E-state index is 0. The SMILES string of the molecule is CN(CCCC=C(c1ccccc1)c1ccccc1)Cc1ccccc1.Cl. The van der Waals surface area contributed by atoms with Crippen LogP contribution in [-0.2, 0) is 6.54 Å². The molecule has 3 aromatic carbocycles. The molecular weight excluding hydrogens is 350 g/mol. The third kappa shape index (κ3) is 6.71. The lowest BCUT2D eigenvalue weighted by molar-refractivity contribution is 0.323. The van der Waals surface area contributed by atoms with Gasteiger partial charge in [0.1, 0.15) is 0 Å². The Morgan fingerprint density at radius 1 is 0.741 bits per heavy atom. The zero-order valence-corrected chi connectivity index (χ0v) is 16.7. The van der Waals surface area contributed by atoms with Crippen molar-refractivity contribution in [1.29, 1.82) is 0 Å². The fraction of sp³-hybridized carbons (Fsp3) is 0.200. The molecule has 140 valence electrons. The van der Waals surface area contributed by atoms with Crippen molar-refractivity contribution in [1.82, 2.24) is 4.90 Å². The van der Waals surface area contributed by atoms with Crippen LogP contribution in [0.15, 0.2) is 97.1 Å². The van der Waals surface area contributed by atoms with Crippen LogP contribution in [0.1, 0.15) is 29.5 Å². The lowest BCUT2D eigenvalue weighted by Gasteiger charge is -2.16. The van der Waals surface area contributed by atoms with E-state index in [1.807, 2.05) is 0 Å². The monoisotopic (exact) mass is 377 g/mol. The van der Waals surface area contributed by atoms with Crippen LogP contribution in [0.2, 0.25) is 0 Å². The van der Waals surface area contributed by atoms with Crippen LogP contribution in [-0.4, -0.2) is 18.5 Å². The first-order valence-electron chi connectivity index (χ1n) is 9.36. The molecule has 0 heterocycles. The predicted octanol–water partition coefficient (Wildman–Crippen LogP) is 6.45. The van der Waals surface area contributed by atoms with Crippen LogP contribution < -0.4 is 0 Å². The number of nitrogens with zero attached hydrogens (tertiary/aromatic N) is 1. The number of hydrogen-bond donors (Lipinski definition) is 0. The van der Waals surface area contributed by atoms with Crippen molar-refractivity contribution in [3.63, 3.8) is 0 Å². The Morgan fingerprint density at radius 3 is 1.74 bits per heavy atom. The zero-order chi connectivity index (χ0) is 18.0. The molecule has 3 aromatic rings. The van der Waals surface area contributed by atoms with E-state index in [1.54, 1.807) is 0 Å². The maximum Gasteiger partial charge on any atom is 0.0230 e. The minimum Gasteiger partial charge on any atom is -0.302 e. The number of rotatable bonds is 8. The second-order valence-corrected chi connectivity index (χ2v) is 6.72. The van der Waals surface area contributed by atoms with Gasteiger partial charge in [-0.05, 0) is 48.7 Å². The van der Waals surface area contributed by atoms with Crippen LogP contribution in [0.3, 0.4) is 0 Å². The van der Waals surface area contributed by atoms with Crippen LogP contribution in [0, 0.1) is 0 Å². The van der Waals surface area contributed by atoms with E-state index in [0.717, 1.165) is 25.9 Å². The van der Waals surface area contributed by atoms with Crippen molar-refractivity contribution in [2.45, 2.75) is 19.4 Å². The number of halogens is 1. The van der Waals surface area contributed by atoms with Crippen molar-refractivity contribution < 1.29 is 0 Å². The van der Waals surface area contributed by atoms with Gasteiger partial charge < -0.3 is 4.90 Å². The number of unbranched alkanes of at least 4 members (excludes halogenated alkanes) is 1. The maximum absolute atomic E-state index is 2.40. The molecule has 0 unspecified atom stereocenters. The quantitative estimate of drug-likeness (QED) is 0.407. The standard InChI is InChI=1S/C25H27N.ClH/c1-26(21-22-13-5-2-6-14-22)20-12-11-19-25(23-15-7-3-8-16-23)24-17-9-4-10-18-24;/h2-10,13-19H,11-12,20-21H2,1H3;1H. The summed E-state index contributed by atoms with van der Waals surface area (Å²) in [6.45, 7) is 2.11. The van der Waals surface area contributed by atoms with Crippen LogP contribution >= 0.6 is 12.4 Å². The highest BCUT2D eigenvalue weighted by atomic mass is 35.5. The normalized spacial score (nSPS) is 10.3. The molecule has 0 aliphatic rings. The lowest BCUT2D eigenvalue weighted by atomic mass is 9.96. The van der Waals surface area contributed by atoms with Crippen LogP contribution in [0.4, 0.5) is 0 Å². The topological polar surface area (TPSA) is 3.24 Å². The first-order chi connectivity index (χ1) is 12.8. The lowest BCUT2D eigenvalue weighted by Crippen LogP contribution is -2.18. The molecule has 0 aromatic heterocycles. The summed E-state index contributed by atoms with van der Waals surface area (Å²) in [6, 6.07) is 32.0. The first-order valence-corrected chi connectivity index (χ1v) is 9.36. The van der Waals surface area contributed by atoms with E-state index in [2.05, 4.69) is 109 Å². The Labute approximate surface area is 169 Å². The first kappa shape index (κ1) is 21.0. The zero-order valence-electron chi connectivity index (χ0n) is 15.9. The van der Waals surface area contributed by atoms with Crippen molar-refractivity contribution >= 4 is 18.0 Å². The molecule has 2 heteroatoms. The smallest absolute Gasteiger partial charge is 0.0230 e. The summed E-state index contributed by atoms with van der Waals surface area (Å²) in [5, 5.41) is 0. The van der Waals surface area contributed by atoms with Gasteiger partial charge in [-0.15, -0.1) is 12.4 Å². The van der Waals surface area contributed by atoms with Crippen molar-refractivity contribution in [2.75, 3.05) is 13.6 Å². The Kier molecular flexibility index (Phi) is 8.83. The summed E-state index contributed by atoms with van der Waals surface area (Å²) >= 11 is 0. The third-order valence-electron chi connectivity index (χ3n) is 4.56. The molecule has 0 saturated heterocycles. The fourth-order valence-electron chi connectivity index (χ4n) is 3.22. The molecule has 0 aliphatic heterocycles. The molecular formula is C25H28ClN. The molecule has 0 fully saturated rings. The number of benzene rings is 3. The van der Waals surface area contributed by atoms with E-state index in [9.17, 15) is 0 Å². The van der Waals surface area contributed by atoms with Gasteiger partial charge in [0, 0.05) is 6.54 Å². The second kappa shape index (κ2) is 11.4. The summed E-state index contributed by atoms with van der Waals surface area (Å²) in [7, 11) is 2.20. The van der Waals surface area contributed by atoms with Crippen molar-refractivity contribution in [3.8, 4) is 0 Å². The van der Waals surface area contributed by atoms with Crippen molar-refractivity contribution in [3.05, 3.63) is 114 Å². The van der Waals surface area contributed by atoms with Gasteiger partial charge in [-0.2, -0.15) is 0 Å². The summed E-state index contributed by atoms with van der Waals surface area (Å²) in [6.07, 6.45) is 4.63. The van der Waals surface area contributed by atoms with Crippen molar-refractivity contribution in [2.24, 2.45) is 0 Å². The average molecular weight is 378 g/mol. The highest BCUT2D eigenvalue weighted by Crippen LogP contribution is 2.24. The molecule has 0 saturated carbocycles. The summed E-state index contributed by atoms with van der Waals surface area (Å²) in [4.78, 5) is 2.40.